The molecule has 24 nitrogen and oxygen atoms in total. The number of rotatable bonds is 84. The van der Waals surface area contributed by atoms with Crippen LogP contribution in [0.15, 0.2) is 0 Å². The molecule has 2 fully saturated rings. The molecule has 0 radical (unpaired) electrons. The fourth-order valence-electron chi connectivity index (χ4n) is 16.7. The molecule has 0 bridgehead atoms. The summed E-state index contributed by atoms with van der Waals surface area (Å²) in [6.07, 6.45) is 40.7. The number of hydrogen-bond donors (Lipinski definition) is 9. The van der Waals surface area contributed by atoms with Gasteiger partial charge in [-0.2, -0.15) is 0 Å². The summed E-state index contributed by atoms with van der Waals surface area (Å²) in [5.74, 6) is -4.55. The topological polar surface area (TPSA) is 359 Å². The molecule has 712 valence electrons. The molecule has 0 aromatic rings. The second kappa shape index (κ2) is 76.6. The maximum absolute atomic E-state index is 15.1. The van der Waals surface area contributed by atoms with E-state index in [0.717, 1.165) is 199 Å². The molecular formula is C96H181N2O22P. The van der Waals surface area contributed by atoms with Gasteiger partial charge in [-0.3, -0.25) is 33.3 Å². The lowest BCUT2D eigenvalue weighted by Gasteiger charge is -2.46. The van der Waals surface area contributed by atoms with Gasteiger partial charge in [0.15, 0.2) is 24.8 Å². The van der Waals surface area contributed by atoms with Crippen molar-refractivity contribution in [1.29, 1.82) is 0 Å². The van der Waals surface area contributed by atoms with Gasteiger partial charge in [0.1, 0.15) is 48.7 Å². The van der Waals surface area contributed by atoms with Crippen molar-refractivity contribution in [2.24, 2.45) is 0 Å². The van der Waals surface area contributed by atoms with Crippen molar-refractivity contribution in [3.63, 3.8) is 0 Å². The molecule has 0 aromatic heterocycles. The maximum Gasteiger partial charge on any atom is 0.470 e. The lowest BCUT2D eigenvalue weighted by molar-refractivity contribution is -0.298. The van der Waals surface area contributed by atoms with E-state index in [0.29, 0.717) is 51.4 Å². The van der Waals surface area contributed by atoms with E-state index in [1.165, 1.54) is 135 Å². The van der Waals surface area contributed by atoms with Gasteiger partial charge in [-0.15, -0.1) is 0 Å². The van der Waals surface area contributed by atoms with E-state index < -0.39 is 168 Å². The molecule has 9 N–H and O–H groups in total. The highest BCUT2D eigenvalue weighted by Crippen LogP contribution is 2.43. The normalized spacial score (nSPS) is 20.4. The van der Waals surface area contributed by atoms with E-state index in [1.807, 2.05) is 0 Å². The van der Waals surface area contributed by atoms with Crippen molar-refractivity contribution in [2.75, 3.05) is 13.2 Å². The SMILES string of the molecule is CCCCCCCCCCCCCC(=O)O[C@H](CCCCCCCCCCC)CC(=O)NC1[C@H](OCC2O[C@H](O)C(NC(=O)C[C@H](O)CCCCCCCCCCC)[C@@H](OC(=O)C[C@H](O)CCCCCCCCCCC)[C@@H]2O)OC(CO)[C@@H](OP(=O)(O)O)[C@@H]1OC(=O)C[C@@H](CCCCCCCCCCC)OC(=O)CCCCCCCCCCCCC. The van der Waals surface area contributed by atoms with Crippen molar-refractivity contribution in [3.05, 3.63) is 0 Å². The van der Waals surface area contributed by atoms with Crippen LogP contribution in [0.3, 0.4) is 0 Å². The molecule has 121 heavy (non-hydrogen) atoms. The number of esters is 4. The van der Waals surface area contributed by atoms with E-state index >= 15 is 4.79 Å². The van der Waals surface area contributed by atoms with Crippen LogP contribution >= 0.6 is 7.82 Å². The monoisotopic (exact) mass is 1750 g/mol. The highest BCUT2D eigenvalue weighted by Gasteiger charge is 2.54. The average molecular weight is 1750 g/mol. The fraction of sp³-hybridized carbons (Fsp3) is 0.938. The molecule has 25 heteroatoms. The zero-order chi connectivity index (χ0) is 88.6. The first-order valence-corrected chi connectivity index (χ1v) is 51.5. The summed E-state index contributed by atoms with van der Waals surface area (Å²) in [6, 6.07) is -3.47. The molecule has 0 spiro atoms. The summed E-state index contributed by atoms with van der Waals surface area (Å²) < 4.78 is 61.9. The third-order valence-corrected chi connectivity index (χ3v) is 24.6. The molecule has 2 amide bonds. The van der Waals surface area contributed by atoms with Crippen molar-refractivity contribution in [1.82, 2.24) is 10.6 Å². The Balaban J connectivity index is 2.73. The Bertz CT molecular complexity index is 2550. The predicted octanol–water partition coefficient (Wildman–Crippen LogP) is 21.3. The number of carbonyl (C=O) groups is 6. The van der Waals surface area contributed by atoms with Gasteiger partial charge in [-0.05, 0) is 51.4 Å². The van der Waals surface area contributed by atoms with E-state index in [1.54, 1.807) is 0 Å². The summed E-state index contributed by atoms with van der Waals surface area (Å²) in [5.41, 5.74) is 0. The Kier molecular flexibility index (Phi) is 72.0. The number of phosphoric acid groups is 1. The molecule has 2 rings (SSSR count). The van der Waals surface area contributed by atoms with Crippen LogP contribution in [0.1, 0.15) is 478 Å². The van der Waals surface area contributed by atoms with Crippen molar-refractivity contribution in [2.45, 2.75) is 564 Å². The highest BCUT2D eigenvalue weighted by atomic mass is 31.2. The molecular weight excluding hydrogens is 1560 g/mol. The number of nitrogens with one attached hydrogen (secondary N) is 2. The van der Waals surface area contributed by atoms with E-state index in [-0.39, 0.29) is 25.7 Å². The minimum Gasteiger partial charge on any atom is -0.462 e. The van der Waals surface area contributed by atoms with Crippen LogP contribution < -0.4 is 10.6 Å². The molecule has 2 aliphatic rings. The maximum atomic E-state index is 15.1. The van der Waals surface area contributed by atoms with Gasteiger partial charge in [0.25, 0.3) is 0 Å². The molecule has 4 unspecified atom stereocenters. The number of phosphoric ester groups is 1. The summed E-state index contributed by atoms with van der Waals surface area (Å²) in [6.45, 7) is 11.3. The molecule has 2 saturated heterocycles. The van der Waals surface area contributed by atoms with Crippen LogP contribution in [-0.4, -0.2) is 170 Å². The van der Waals surface area contributed by atoms with Crippen molar-refractivity contribution < 1.29 is 106 Å². The Hall–Kier alpha value is -3.39. The minimum absolute atomic E-state index is 0.111. The highest BCUT2D eigenvalue weighted by molar-refractivity contribution is 7.46. The quantitative estimate of drug-likeness (QED) is 0.0118. The average Bonchev–Trinajstić information content (AvgIpc) is 0.777. The van der Waals surface area contributed by atoms with Gasteiger partial charge < -0.3 is 79.1 Å². The number of aliphatic hydroxyl groups excluding tert-OH is 5. The van der Waals surface area contributed by atoms with Gasteiger partial charge in [-0.25, -0.2) is 4.57 Å². The molecule has 0 saturated carbocycles. The molecule has 0 aliphatic carbocycles. The fourth-order valence-corrected chi connectivity index (χ4v) is 17.3. The Morgan fingerprint density at radius 1 is 0.347 bits per heavy atom. The van der Waals surface area contributed by atoms with Gasteiger partial charge in [0.2, 0.25) is 11.8 Å². The molecule has 2 aliphatic heterocycles. The lowest BCUT2D eigenvalue weighted by Crippen LogP contribution is -2.68. The summed E-state index contributed by atoms with van der Waals surface area (Å²) in [5, 5.41) is 63.3. The Morgan fingerprint density at radius 3 is 1.02 bits per heavy atom. The van der Waals surface area contributed by atoms with Gasteiger partial charge in [0, 0.05) is 12.8 Å². The molecule has 14 atom stereocenters. The summed E-state index contributed by atoms with van der Waals surface area (Å²) in [7, 11) is -5.62. The second-order valence-electron chi connectivity index (χ2n) is 35.7. The minimum atomic E-state index is -5.62. The Labute approximate surface area is 733 Å². The predicted molar refractivity (Wildman–Crippen MR) is 479 cm³/mol. The third kappa shape index (κ3) is 60.9. The van der Waals surface area contributed by atoms with Crippen LogP contribution in [-0.2, 0) is 71.0 Å². The van der Waals surface area contributed by atoms with E-state index in [9.17, 15) is 63.9 Å². The van der Waals surface area contributed by atoms with Crippen LogP contribution in [0.5, 0.6) is 0 Å². The van der Waals surface area contributed by atoms with Crippen LogP contribution in [0.4, 0.5) is 0 Å². The molecule has 0 aromatic carbocycles. The van der Waals surface area contributed by atoms with E-state index in [4.69, 9.17) is 37.7 Å². The zero-order valence-electron chi connectivity index (χ0n) is 77.3. The van der Waals surface area contributed by atoms with Crippen LogP contribution in [0.2, 0.25) is 0 Å². The van der Waals surface area contributed by atoms with Gasteiger partial charge in [0.05, 0.1) is 51.1 Å². The van der Waals surface area contributed by atoms with Gasteiger partial charge in [-0.1, -0.05) is 388 Å². The van der Waals surface area contributed by atoms with Gasteiger partial charge >= 0.3 is 31.7 Å². The molecule has 2 heterocycles. The lowest BCUT2D eigenvalue weighted by atomic mass is 9.95. The largest absolute Gasteiger partial charge is 0.470 e. The first-order valence-electron chi connectivity index (χ1n) is 50.0. The number of amides is 2. The first-order chi connectivity index (χ1) is 58.6. The number of carbonyl (C=O) groups excluding carboxylic acids is 6. The van der Waals surface area contributed by atoms with Crippen LogP contribution in [0, 0.1) is 0 Å². The van der Waals surface area contributed by atoms with Crippen molar-refractivity contribution >= 4 is 43.5 Å². The second-order valence-corrected chi connectivity index (χ2v) is 36.8. The summed E-state index contributed by atoms with van der Waals surface area (Å²) in [4.78, 5) is 107. The number of hydrogen-bond acceptors (Lipinski definition) is 20. The standard InChI is InChI=1S/C96H181N2O22P/c1-7-13-19-25-31-37-39-45-51-57-63-69-85(104)114-79(67-61-55-49-43-35-29-23-17-11-5)73-84(103)98-90-94(119-88(107)74-80(68-62-56-50-44-36-30-24-18-12-6)115-86(105)70-64-58-52-46-40-38-32-26-20-14-8-2)92(120-121(110,111)112)81(75-99)117-96(90)113-76-82-91(108)93(118-87(106)72-78(101)66-60-54-48-42-34-28-22-16-10-4)89(95(109)116-82)97-83(102)71-77(100)65-59-53-47-41-33-27-21-15-9-3/h77-82,89-96,99-101,108-109H,7-76H2,1-6H3,(H,97,102)(H,98,103)(H2,110,111,112)/t77-,78-,79-,80-,81?,82?,89?,90?,91-,92-,93-,94-,95+,96-/m1/s1. The van der Waals surface area contributed by atoms with Crippen LogP contribution in [0.25, 0.3) is 0 Å². The Morgan fingerprint density at radius 2 is 0.653 bits per heavy atom. The number of ether oxygens (including phenoxy) is 7. The number of unbranched alkanes of at least 4 members (excludes halogenated alkanes) is 52. The first kappa shape index (κ1) is 114. The summed E-state index contributed by atoms with van der Waals surface area (Å²) >= 11 is 0. The number of aliphatic hydroxyl groups is 5. The third-order valence-electron chi connectivity index (χ3n) is 24.1. The van der Waals surface area contributed by atoms with Crippen molar-refractivity contribution in [3.8, 4) is 0 Å². The zero-order valence-corrected chi connectivity index (χ0v) is 78.2. The smallest absolute Gasteiger partial charge is 0.462 e. The van der Waals surface area contributed by atoms with E-state index in [2.05, 4.69) is 52.2 Å².